The lowest BCUT2D eigenvalue weighted by atomic mass is 9.96. The first-order valence-electron chi connectivity index (χ1n) is 9.03. The molecule has 0 spiro atoms. The molecule has 2 aliphatic carbocycles. The third-order valence-electron chi connectivity index (χ3n) is 5.19. The molecule has 0 atom stereocenters. The molecule has 23 heavy (non-hydrogen) atoms. The normalized spacial score (nSPS) is 18.0. The van der Waals surface area contributed by atoms with Gasteiger partial charge in [0.2, 0.25) is 0 Å². The number of nitrogens with zero attached hydrogens (tertiary/aromatic N) is 2. The van der Waals surface area contributed by atoms with Gasteiger partial charge < -0.3 is 5.32 Å². The van der Waals surface area contributed by atoms with E-state index in [4.69, 9.17) is 9.97 Å². The van der Waals surface area contributed by atoms with Crippen molar-refractivity contribution >= 4 is 5.82 Å². The second-order valence-electron chi connectivity index (χ2n) is 7.02. The first kappa shape index (κ1) is 14.7. The van der Waals surface area contributed by atoms with Crippen molar-refractivity contribution in [1.82, 2.24) is 9.97 Å². The van der Waals surface area contributed by atoms with Crippen LogP contribution in [0.5, 0.6) is 0 Å². The van der Waals surface area contributed by atoms with E-state index < -0.39 is 0 Å². The number of aromatic nitrogens is 2. The first-order chi connectivity index (χ1) is 11.3. The summed E-state index contributed by atoms with van der Waals surface area (Å²) < 4.78 is 0. The van der Waals surface area contributed by atoms with Crippen LogP contribution in [0.4, 0.5) is 5.82 Å². The van der Waals surface area contributed by atoms with Gasteiger partial charge in [-0.25, -0.2) is 9.97 Å². The Morgan fingerprint density at radius 1 is 0.913 bits per heavy atom. The summed E-state index contributed by atoms with van der Waals surface area (Å²) in [5, 5.41) is 3.74. The van der Waals surface area contributed by atoms with Gasteiger partial charge in [0.05, 0.1) is 0 Å². The van der Waals surface area contributed by atoms with Crippen LogP contribution in [-0.4, -0.2) is 16.0 Å². The van der Waals surface area contributed by atoms with Gasteiger partial charge in [-0.05, 0) is 45.4 Å². The highest BCUT2D eigenvalue weighted by Crippen LogP contribution is 2.31. The quantitative estimate of drug-likeness (QED) is 0.894. The predicted octanol–water partition coefficient (Wildman–Crippen LogP) is 4.69. The number of benzene rings is 1. The van der Waals surface area contributed by atoms with Crippen molar-refractivity contribution in [2.24, 2.45) is 0 Å². The molecule has 120 valence electrons. The van der Waals surface area contributed by atoms with E-state index in [0.717, 1.165) is 30.0 Å². The van der Waals surface area contributed by atoms with Gasteiger partial charge in [0.25, 0.3) is 0 Å². The molecule has 1 N–H and O–H groups in total. The van der Waals surface area contributed by atoms with Gasteiger partial charge in [0, 0.05) is 22.9 Å². The van der Waals surface area contributed by atoms with Crippen molar-refractivity contribution in [2.45, 2.75) is 64.3 Å². The van der Waals surface area contributed by atoms with Gasteiger partial charge in [-0.1, -0.05) is 42.7 Å². The van der Waals surface area contributed by atoms with E-state index in [1.807, 2.05) is 0 Å². The Labute approximate surface area is 138 Å². The highest BCUT2D eigenvalue weighted by Gasteiger charge is 2.22. The molecule has 2 aliphatic rings. The van der Waals surface area contributed by atoms with Crippen LogP contribution < -0.4 is 5.32 Å². The highest BCUT2D eigenvalue weighted by atomic mass is 15.1. The molecule has 1 heterocycles. The second-order valence-corrected chi connectivity index (χ2v) is 7.02. The van der Waals surface area contributed by atoms with Crippen LogP contribution in [0.15, 0.2) is 24.3 Å². The third kappa shape index (κ3) is 3.10. The van der Waals surface area contributed by atoms with E-state index in [2.05, 4.69) is 36.5 Å². The molecule has 1 saturated carbocycles. The van der Waals surface area contributed by atoms with Gasteiger partial charge >= 0.3 is 0 Å². The number of rotatable bonds is 3. The summed E-state index contributed by atoms with van der Waals surface area (Å²) in [7, 11) is 0. The lowest BCUT2D eigenvalue weighted by Gasteiger charge is -2.22. The lowest BCUT2D eigenvalue weighted by molar-refractivity contribution is 0.659. The second kappa shape index (κ2) is 6.31. The molecule has 0 bridgehead atoms. The number of nitrogens with one attached hydrogen (secondary N) is 1. The van der Waals surface area contributed by atoms with Crippen molar-refractivity contribution in [3.05, 3.63) is 41.1 Å². The summed E-state index contributed by atoms with van der Waals surface area (Å²) in [5.74, 6) is 1.99. The number of hydrogen-bond acceptors (Lipinski definition) is 3. The molecule has 1 fully saturated rings. The maximum atomic E-state index is 4.93. The van der Waals surface area contributed by atoms with Gasteiger partial charge in [0.1, 0.15) is 5.82 Å². The molecule has 1 aromatic carbocycles. The zero-order valence-electron chi connectivity index (χ0n) is 13.9. The molecule has 1 aromatic heterocycles. The number of hydrogen-bond donors (Lipinski definition) is 1. The molecular formula is C20H25N3. The van der Waals surface area contributed by atoms with E-state index in [1.54, 1.807) is 0 Å². The van der Waals surface area contributed by atoms with E-state index in [0.29, 0.717) is 6.04 Å². The zero-order chi connectivity index (χ0) is 15.6. The van der Waals surface area contributed by atoms with E-state index in [-0.39, 0.29) is 0 Å². The fourth-order valence-corrected chi connectivity index (χ4v) is 3.81. The first-order valence-corrected chi connectivity index (χ1v) is 9.03. The molecule has 3 nitrogen and oxygen atoms in total. The molecule has 4 rings (SSSR count). The molecule has 0 radical (unpaired) electrons. The predicted molar refractivity (Wildman–Crippen MR) is 94.7 cm³/mol. The smallest absolute Gasteiger partial charge is 0.161 e. The van der Waals surface area contributed by atoms with E-state index in [1.165, 1.54) is 55.3 Å². The summed E-state index contributed by atoms with van der Waals surface area (Å²) in [6.45, 7) is 2.12. The summed E-state index contributed by atoms with van der Waals surface area (Å²) in [4.78, 5) is 9.82. The number of fused-ring (bicyclic) bond motifs is 1. The van der Waals surface area contributed by atoms with Gasteiger partial charge in [-0.3, -0.25) is 0 Å². The minimum Gasteiger partial charge on any atom is -0.367 e. The van der Waals surface area contributed by atoms with Crippen LogP contribution in [0, 0.1) is 6.92 Å². The van der Waals surface area contributed by atoms with Crippen LogP contribution in [-0.2, 0) is 12.8 Å². The van der Waals surface area contributed by atoms with Gasteiger partial charge in [0.15, 0.2) is 5.82 Å². The molecule has 0 saturated heterocycles. The fourth-order valence-electron chi connectivity index (χ4n) is 3.81. The van der Waals surface area contributed by atoms with E-state index in [9.17, 15) is 0 Å². The molecule has 0 aliphatic heterocycles. The lowest BCUT2D eigenvalue weighted by Crippen LogP contribution is -2.20. The number of aryl methyl sites for hydroxylation is 2. The van der Waals surface area contributed by atoms with Crippen molar-refractivity contribution in [3.63, 3.8) is 0 Å². The van der Waals surface area contributed by atoms with Crippen molar-refractivity contribution in [3.8, 4) is 11.4 Å². The summed E-state index contributed by atoms with van der Waals surface area (Å²) >= 11 is 0. The fraction of sp³-hybridized carbons (Fsp3) is 0.500. The minimum absolute atomic E-state index is 0.599. The molecule has 3 heteroatoms. The standard InChI is InChI=1S/C20H25N3/c1-14-10-12-15(13-11-14)19-22-18-9-5-4-8-17(18)20(23-19)21-16-6-2-3-7-16/h10-13,16H,2-9H2,1H3,(H,21,22,23). The van der Waals surface area contributed by atoms with Crippen molar-refractivity contribution in [2.75, 3.05) is 5.32 Å². The minimum atomic E-state index is 0.599. The van der Waals surface area contributed by atoms with Crippen LogP contribution in [0.1, 0.15) is 55.3 Å². The van der Waals surface area contributed by atoms with E-state index >= 15 is 0 Å². The van der Waals surface area contributed by atoms with Gasteiger partial charge in [-0.15, -0.1) is 0 Å². The van der Waals surface area contributed by atoms with Crippen molar-refractivity contribution < 1.29 is 0 Å². The van der Waals surface area contributed by atoms with Crippen LogP contribution in [0.25, 0.3) is 11.4 Å². The Balaban J connectivity index is 1.73. The summed E-state index contributed by atoms with van der Waals surface area (Å²) in [6.07, 6.45) is 9.97. The summed E-state index contributed by atoms with van der Waals surface area (Å²) in [5.41, 5.74) is 5.04. The van der Waals surface area contributed by atoms with Crippen LogP contribution in [0.2, 0.25) is 0 Å². The zero-order valence-corrected chi connectivity index (χ0v) is 13.9. The Bertz CT molecular complexity index is 685. The van der Waals surface area contributed by atoms with Crippen LogP contribution >= 0.6 is 0 Å². The Hall–Kier alpha value is -1.90. The van der Waals surface area contributed by atoms with Crippen molar-refractivity contribution in [1.29, 1.82) is 0 Å². The Morgan fingerprint density at radius 3 is 2.43 bits per heavy atom. The Morgan fingerprint density at radius 2 is 1.65 bits per heavy atom. The molecular weight excluding hydrogens is 282 g/mol. The summed E-state index contributed by atoms with van der Waals surface area (Å²) in [6, 6.07) is 9.16. The maximum absolute atomic E-state index is 4.93. The highest BCUT2D eigenvalue weighted by molar-refractivity contribution is 5.61. The SMILES string of the molecule is Cc1ccc(-c2nc3c(c(NC4CCCC4)n2)CCCC3)cc1. The average molecular weight is 307 g/mol. The Kier molecular flexibility index (Phi) is 4.02. The number of anilines is 1. The van der Waals surface area contributed by atoms with Gasteiger partial charge in [-0.2, -0.15) is 0 Å². The molecule has 0 unspecified atom stereocenters. The maximum Gasteiger partial charge on any atom is 0.161 e. The average Bonchev–Trinajstić information content (AvgIpc) is 3.08. The van der Waals surface area contributed by atoms with Crippen LogP contribution in [0.3, 0.4) is 0 Å². The molecule has 0 amide bonds. The topological polar surface area (TPSA) is 37.8 Å². The monoisotopic (exact) mass is 307 g/mol. The largest absolute Gasteiger partial charge is 0.367 e. The third-order valence-corrected chi connectivity index (χ3v) is 5.19. The molecule has 2 aromatic rings.